The number of carbonyl (C=O) groups is 2. The Morgan fingerprint density at radius 3 is 2.44 bits per heavy atom. The molecule has 1 heterocycles. The molecule has 1 unspecified atom stereocenters. The van der Waals surface area contributed by atoms with Crippen molar-refractivity contribution < 1.29 is 24.3 Å². The maximum atomic E-state index is 13.5. The van der Waals surface area contributed by atoms with E-state index in [1.165, 1.54) is 15.9 Å². The lowest BCUT2D eigenvalue weighted by Gasteiger charge is -2.28. The largest absolute Gasteiger partial charge is 0.872 e. The van der Waals surface area contributed by atoms with Crippen LogP contribution in [-0.4, -0.2) is 50.4 Å². The molecule has 1 N–H and O–H groups in total. The average molecular weight is 457 g/mol. The first-order chi connectivity index (χ1) is 15.2. The SMILES string of the molecule is CCOc1ccc(C([O-])=C2C(=O)C(=O)N(CCC[NH+](C)C)C2c2ccc(C)cc2)cc1Cl. The molecule has 1 aliphatic rings. The van der Waals surface area contributed by atoms with Crippen LogP contribution in [0.2, 0.25) is 5.02 Å². The average Bonchev–Trinajstić information content (AvgIpc) is 3.00. The summed E-state index contributed by atoms with van der Waals surface area (Å²) in [5, 5.41) is 13.7. The van der Waals surface area contributed by atoms with Crippen molar-refractivity contribution in [2.45, 2.75) is 26.3 Å². The predicted octanol–water partition coefficient (Wildman–Crippen LogP) is 1.81. The minimum Gasteiger partial charge on any atom is -0.872 e. The molecule has 1 atom stereocenters. The minimum absolute atomic E-state index is 0.0312. The quantitative estimate of drug-likeness (QED) is 0.373. The van der Waals surface area contributed by atoms with Crippen LogP contribution in [0.1, 0.15) is 36.1 Å². The van der Waals surface area contributed by atoms with E-state index in [1.807, 2.05) is 52.2 Å². The van der Waals surface area contributed by atoms with E-state index in [1.54, 1.807) is 12.1 Å². The number of carbonyl (C=O) groups excluding carboxylic acids is 2. The Labute approximate surface area is 194 Å². The van der Waals surface area contributed by atoms with Gasteiger partial charge in [0, 0.05) is 18.5 Å². The van der Waals surface area contributed by atoms with Crippen molar-refractivity contribution in [3.63, 3.8) is 0 Å². The van der Waals surface area contributed by atoms with Gasteiger partial charge in [-0.25, -0.2) is 0 Å². The van der Waals surface area contributed by atoms with Gasteiger partial charge < -0.3 is 19.6 Å². The third-order valence-corrected chi connectivity index (χ3v) is 5.79. The summed E-state index contributed by atoms with van der Waals surface area (Å²) in [5.41, 5.74) is 2.02. The summed E-state index contributed by atoms with van der Waals surface area (Å²) in [7, 11) is 4.07. The fourth-order valence-corrected chi connectivity index (χ4v) is 4.10. The summed E-state index contributed by atoms with van der Waals surface area (Å²) in [6.07, 6.45) is 0.722. The van der Waals surface area contributed by atoms with Crippen LogP contribution in [0.25, 0.3) is 5.76 Å². The van der Waals surface area contributed by atoms with Gasteiger partial charge in [-0.2, -0.15) is 0 Å². The number of hydrogen-bond acceptors (Lipinski definition) is 4. The van der Waals surface area contributed by atoms with Gasteiger partial charge in [0.2, 0.25) is 5.78 Å². The summed E-state index contributed by atoms with van der Waals surface area (Å²) >= 11 is 6.27. The lowest BCUT2D eigenvalue weighted by Crippen LogP contribution is -3.05. The fraction of sp³-hybridized carbons (Fsp3) is 0.360. The van der Waals surface area contributed by atoms with Gasteiger partial charge in [-0.15, -0.1) is 0 Å². The van der Waals surface area contributed by atoms with Gasteiger partial charge in [-0.3, -0.25) is 9.59 Å². The van der Waals surface area contributed by atoms with Crippen LogP contribution < -0.4 is 14.7 Å². The Morgan fingerprint density at radius 1 is 1.16 bits per heavy atom. The van der Waals surface area contributed by atoms with E-state index in [9.17, 15) is 14.7 Å². The van der Waals surface area contributed by atoms with Gasteiger partial charge in [0.1, 0.15) is 5.75 Å². The fourth-order valence-electron chi connectivity index (χ4n) is 3.87. The molecule has 1 fully saturated rings. The van der Waals surface area contributed by atoms with E-state index in [0.717, 1.165) is 24.1 Å². The predicted molar refractivity (Wildman–Crippen MR) is 122 cm³/mol. The van der Waals surface area contributed by atoms with E-state index in [4.69, 9.17) is 16.3 Å². The van der Waals surface area contributed by atoms with Crippen LogP contribution >= 0.6 is 11.6 Å². The number of halogens is 1. The van der Waals surface area contributed by atoms with Crippen molar-refractivity contribution in [1.82, 2.24) is 4.90 Å². The van der Waals surface area contributed by atoms with E-state index < -0.39 is 23.5 Å². The maximum absolute atomic E-state index is 13.5. The van der Waals surface area contributed by atoms with Crippen molar-refractivity contribution in [2.75, 3.05) is 33.8 Å². The summed E-state index contributed by atoms with van der Waals surface area (Å²) in [4.78, 5) is 28.7. The Kier molecular flexibility index (Phi) is 7.59. The van der Waals surface area contributed by atoms with Crippen LogP contribution in [0.4, 0.5) is 0 Å². The number of quaternary nitrogens is 1. The Balaban J connectivity index is 2.08. The van der Waals surface area contributed by atoms with Crippen LogP contribution in [-0.2, 0) is 9.59 Å². The number of rotatable bonds is 8. The molecule has 1 amide bonds. The van der Waals surface area contributed by atoms with Crippen LogP contribution in [0, 0.1) is 6.92 Å². The standard InChI is InChI=1S/C25H29ClN2O4/c1-5-32-20-12-11-18(15-19(20)26)23(29)21-22(17-9-7-16(2)8-10-17)28(25(31)24(21)30)14-6-13-27(3)4/h7-12,15,22,29H,5-6,13-14H2,1-4H3. The molecule has 32 heavy (non-hydrogen) atoms. The Bertz CT molecular complexity index is 1030. The van der Waals surface area contributed by atoms with Gasteiger partial charge in [-0.05, 0) is 37.1 Å². The smallest absolute Gasteiger partial charge is 0.295 e. The molecule has 6 nitrogen and oxygen atoms in total. The van der Waals surface area contributed by atoms with E-state index in [-0.39, 0.29) is 16.2 Å². The van der Waals surface area contributed by atoms with Gasteiger partial charge in [0.05, 0.1) is 38.3 Å². The van der Waals surface area contributed by atoms with E-state index >= 15 is 0 Å². The molecule has 0 aromatic heterocycles. The molecule has 0 aliphatic carbocycles. The number of nitrogens with zero attached hydrogens (tertiary/aromatic N) is 1. The summed E-state index contributed by atoms with van der Waals surface area (Å²) in [5.74, 6) is -1.40. The summed E-state index contributed by atoms with van der Waals surface area (Å²) in [6.45, 7) is 5.48. The van der Waals surface area contributed by atoms with Crippen molar-refractivity contribution in [3.8, 4) is 5.75 Å². The number of ether oxygens (including phenoxy) is 1. The van der Waals surface area contributed by atoms with Gasteiger partial charge in [0.15, 0.2) is 0 Å². The second kappa shape index (κ2) is 10.2. The first-order valence-electron chi connectivity index (χ1n) is 10.8. The molecule has 7 heteroatoms. The highest BCUT2D eigenvalue weighted by atomic mass is 35.5. The van der Waals surface area contributed by atoms with Crippen molar-refractivity contribution >= 4 is 29.1 Å². The highest BCUT2D eigenvalue weighted by Gasteiger charge is 2.43. The molecule has 2 aromatic carbocycles. The van der Waals surface area contributed by atoms with Gasteiger partial charge in [0.25, 0.3) is 5.91 Å². The maximum Gasteiger partial charge on any atom is 0.295 e. The number of amides is 1. The number of hydrogen-bond donors (Lipinski definition) is 1. The molecular weight excluding hydrogens is 428 g/mol. The molecule has 170 valence electrons. The number of Topliss-reactive ketones (excluding diaryl/α,β-unsaturated/α-hetero) is 1. The van der Waals surface area contributed by atoms with E-state index in [0.29, 0.717) is 18.9 Å². The first-order valence-corrected chi connectivity index (χ1v) is 11.2. The zero-order valence-corrected chi connectivity index (χ0v) is 19.7. The molecule has 1 saturated heterocycles. The zero-order chi connectivity index (χ0) is 23.4. The number of benzene rings is 2. The first kappa shape index (κ1) is 23.8. The summed E-state index contributed by atoms with van der Waals surface area (Å²) < 4.78 is 5.44. The van der Waals surface area contributed by atoms with E-state index in [2.05, 4.69) is 0 Å². The lowest BCUT2D eigenvalue weighted by molar-refractivity contribution is -0.858. The molecule has 2 aromatic rings. The van der Waals surface area contributed by atoms with Gasteiger partial charge >= 0.3 is 0 Å². The summed E-state index contributed by atoms with van der Waals surface area (Å²) in [6, 6.07) is 11.5. The number of nitrogens with one attached hydrogen (secondary N) is 1. The molecule has 3 rings (SSSR count). The Morgan fingerprint density at radius 2 is 1.84 bits per heavy atom. The molecule has 0 saturated carbocycles. The second-order valence-electron chi connectivity index (χ2n) is 8.27. The normalized spacial score (nSPS) is 17.9. The molecule has 0 radical (unpaired) electrons. The lowest BCUT2D eigenvalue weighted by atomic mass is 9.94. The van der Waals surface area contributed by atoms with Crippen LogP contribution in [0.3, 0.4) is 0 Å². The van der Waals surface area contributed by atoms with Crippen LogP contribution in [0.15, 0.2) is 48.0 Å². The number of ketones is 1. The third kappa shape index (κ3) is 4.97. The molecule has 0 spiro atoms. The van der Waals surface area contributed by atoms with Crippen LogP contribution in [0.5, 0.6) is 5.75 Å². The molecular formula is C25H29ClN2O4. The zero-order valence-electron chi connectivity index (χ0n) is 18.9. The van der Waals surface area contributed by atoms with Gasteiger partial charge in [-0.1, -0.05) is 53.3 Å². The van der Waals surface area contributed by atoms with Crippen molar-refractivity contribution in [3.05, 3.63) is 69.8 Å². The highest BCUT2D eigenvalue weighted by Crippen LogP contribution is 2.39. The monoisotopic (exact) mass is 456 g/mol. The number of likely N-dealkylation sites (tertiary alicyclic amines) is 1. The minimum atomic E-state index is -0.747. The van der Waals surface area contributed by atoms with Crippen molar-refractivity contribution in [1.29, 1.82) is 0 Å². The Hall–Kier alpha value is -2.83. The topological polar surface area (TPSA) is 74.1 Å². The highest BCUT2D eigenvalue weighted by molar-refractivity contribution is 6.46. The third-order valence-electron chi connectivity index (χ3n) is 5.49. The molecule has 0 bridgehead atoms. The molecule has 1 aliphatic heterocycles. The second-order valence-corrected chi connectivity index (χ2v) is 8.68. The van der Waals surface area contributed by atoms with Crippen molar-refractivity contribution in [2.24, 2.45) is 0 Å². The number of aryl methyl sites for hydroxylation is 1.